The smallest absolute Gasteiger partial charge is 0.159 e. The van der Waals surface area contributed by atoms with Crippen LogP contribution >= 0.6 is 11.3 Å². The lowest BCUT2D eigenvalue weighted by molar-refractivity contribution is 0.669. The molecule has 0 aliphatic carbocycles. The third-order valence-electron chi connectivity index (χ3n) is 11.5. The molecule has 0 atom stereocenters. The fraction of sp³-hybridized carbons (Fsp3) is 0. The summed E-state index contributed by atoms with van der Waals surface area (Å²) < 4.78 is 16.0. The van der Waals surface area contributed by atoms with Gasteiger partial charge >= 0.3 is 0 Å². The Kier molecular flexibility index (Phi) is 7.40. The molecule has 12 aromatic rings. The number of benzene rings is 9. The molecule has 0 amide bonds. The van der Waals surface area contributed by atoms with Gasteiger partial charge in [0, 0.05) is 53.8 Å². The van der Waals surface area contributed by atoms with Crippen molar-refractivity contribution >= 4 is 92.4 Å². The Morgan fingerprint density at radius 1 is 0.310 bits per heavy atom. The molecule has 3 aromatic heterocycles. The molecule has 0 bridgehead atoms. The molecule has 12 rings (SSSR count). The zero-order valence-electron chi connectivity index (χ0n) is 31.2. The number of hydrogen-bond donors (Lipinski definition) is 0. The molecule has 0 aliphatic heterocycles. The summed E-state index contributed by atoms with van der Waals surface area (Å²) in [5, 5.41) is 6.92. The second-order valence-electron chi connectivity index (χ2n) is 14.8. The largest absolute Gasteiger partial charge is 0.455 e. The Balaban J connectivity index is 1.06. The SMILES string of the molecule is c1ccc(-c2cccc3c2oc2c(-c4ccc(N(c5cccc6c5oc5ccccc56)c5cccc6c5sc5c(-c7ccccc7)cccc56)cc4)cccc23)cc1. The van der Waals surface area contributed by atoms with E-state index in [0.717, 1.165) is 83.2 Å². The molecule has 0 saturated carbocycles. The topological polar surface area (TPSA) is 29.5 Å². The minimum atomic E-state index is 0.858. The van der Waals surface area contributed by atoms with Crippen molar-refractivity contribution in [3.63, 3.8) is 0 Å². The van der Waals surface area contributed by atoms with Gasteiger partial charge in [-0.1, -0.05) is 170 Å². The molecule has 0 saturated heterocycles. The van der Waals surface area contributed by atoms with E-state index >= 15 is 0 Å². The first-order valence-electron chi connectivity index (χ1n) is 19.6. The number of hydrogen-bond acceptors (Lipinski definition) is 4. The summed E-state index contributed by atoms with van der Waals surface area (Å²) in [6.45, 7) is 0. The second-order valence-corrected chi connectivity index (χ2v) is 15.8. The number of para-hydroxylation sites is 4. The third-order valence-corrected chi connectivity index (χ3v) is 12.8. The highest BCUT2D eigenvalue weighted by Crippen LogP contribution is 2.49. The lowest BCUT2D eigenvalue weighted by atomic mass is 10.00. The molecule has 3 nitrogen and oxygen atoms in total. The van der Waals surface area contributed by atoms with Crippen molar-refractivity contribution < 1.29 is 8.83 Å². The fourth-order valence-corrected chi connectivity index (χ4v) is 10.2. The van der Waals surface area contributed by atoms with Gasteiger partial charge in [-0.3, -0.25) is 0 Å². The molecule has 3 heterocycles. The van der Waals surface area contributed by atoms with Gasteiger partial charge in [-0.15, -0.1) is 11.3 Å². The highest BCUT2D eigenvalue weighted by molar-refractivity contribution is 7.27. The van der Waals surface area contributed by atoms with Crippen LogP contribution in [-0.2, 0) is 0 Å². The van der Waals surface area contributed by atoms with Crippen LogP contribution < -0.4 is 4.90 Å². The van der Waals surface area contributed by atoms with E-state index in [1.54, 1.807) is 0 Å². The highest BCUT2D eigenvalue weighted by atomic mass is 32.1. The van der Waals surface area contributed by atoms with Crippen LogP contribution in [0.2, 0.25) is 0 Å². The van der Waals surface area contributed by atoms with E-state index in [2.05, 4.69) is 193 Å². The standard InChI is InChI=1S/C54H33NO2S/c1-3-14-34(15-4-1)38-19-9-22-43-44-23-10-20-39(51(44)57-50(38)43)36-30-32-37(33-31-36)55(47-27-12-24-42-41-18-7-8-29-49(41)56-52(42)47)48-28-13-26-46-45-25-11-21-40(53(45)58-54(46)48)35-16-5-2-6-17-35/h1-33H. The Morgan fingerprint density at radius 2 is 0.793 bits per heavy atom. The van der Waals surface area contributed by atoms with E-state index in [9.17, 15) is 0 Å². The van der Waals surface area contributed by atoms with Crippen LogP contribution in [0.5, 0.6) is 0 Å². The third kappa shape index (κ3) is 5.05. The molecule has 0 aliphatic rings. The second kappa shape index (κ2) is 13.1. The summed E-state index contributed by atoms with van der Waals surface area (Å²) in [7, 11) is 0. The summed E-state index contributed by atoms with van der Waals surface area (Å²) >= 11 is 1.86. The first kappa shape index (κ1) is 32.8. The number of nitrogens with zero attached hydrogens (tertiary/aromatic N) is 1. The van der Waals surface area contributed by atoms with Gasteiger partial charge in [-0.2, -0.15) is 0 Å². The number of thiophene rings is 1. The Labute approximate surface area is 338 Å². The van der Waals surface area contributed by atoms with E-state index in [4.69, 9.17) is 8.83 Å². The summed E-state index contributed by atoms with van der Waals surface area (Å²) in [4.78, 5) is 2.38. The fourth-order valence-electron chi connectivity index (χ4n) is 8.83. The van der Waals surface area contributed by atoms with Crippen molar-refractivity contribution in [2.45, 2.75) is 0 Å². The molecular formula is C54H33NO2S. The lowest BCUT2D eigenvalue weighted by Gasteiger charge is -2.26. The molecule has 0 N–H and O–H groups in total. The van der Waals surface area contributed by atoms with Gasteiger partial charge < -0.3 is 13.7 Å². The van der Waals surface area contributed by atoms with Gasteiger partial charge in [-0.25, -0.2) is 0 Å². The van der Waals surface area contributed by atoms with Crippen LogP contribution in [0.1, 0.15) is 0 Å². The molecule has 9 aromatic carbocycles. The van der Waals surface area contributed by atoms with E-state index in [1.165, 1.54) is 31.3 Å². The van der Waals surface area contributed by atoms with Crippen molar-refractivity contribution in [3.05, 3.63) is 200 Å². The van der Waals surface area contributed by atoms with Gasteiger partial charge in [0.25, 0.3) is 0 Å². The minimum absolute atomic E-state index is 0.858. The number of anilines is 3. The maximum absolute atomic E-state index is 6.81. The molecular weight excluding hydrogens is 727 g/mol. The van der Waals surface area contributed by atoms with Gasteiger partial charge in [0.15, 0.2) is 5.58 Å². The van der Waals surface area contributed by atoms with Gasteiger partial charge in [0.05, 0.1) is 16.1 Å². The quantitative estimate of drug-likeness (QED) is 0.169. The zero-order chi connectivity index (χ0) is 38.2. The minimum Gasteiger partial charge on any atom is -0.455 e. The van der Waals surface area contributed by atoms with Gasteiger partial charge in [0.2, 0.25) is 0 Å². The van der Waals surface area contributed by atoms with Crippen molar-refractivity contribution in [1.82, 2.24) is 0 Å². The monoisotopic (exact) mass is 759 g/mol. The molecule has 0 radical (unpaired) electrons. The van der Waals surface area contributed by atoms with Crippen LogP contribution in [-0.4, -0.2) is 0 Å². The first-order valence-corrected chi connectivity index (χ1v) is 20.4. The molecule has 0 unspecified atom stereocenters. The summed E-state index contributed by atoms with van der Waals surface area (Å²) in [5.41, 5.74) is 13.5. The average Bonchev–Trinajstić information content (AvgIpc) is 4.00. The van der Waals surface area contributed by atoms with Crippen LogP contribution in [0.3, 0.4) is 0 Å². The first-order chi connectivity index (χ1) is 28.8. The van der Waals surface area contributed by atoms with E-state index < -0.39 is 0 Å². The van der Waals surface area contributed by atoms with Crippen molar-refractivity contribution in [2.24, 2.45) is 0 Å². The summed E-state index contributed by atoms with van der Waals surface area (Å²) in [6.07, 6.45) is 0. The maximum Gasteiger partial charge on any atom is 0.159 e. The van der Waals surface area contributed by atoms with E-state index in [1.807, 2.05) is 23.5 Å². The normalized spacial score (nSPS) is 11.8. The number of fused-ring (bicyclic) bond motifs is 9. The molecule has 272 valence electrons. The van der Waals surface area contributed by atoms with Crippen molar-refractivity contribution in [1.29, 1.82) is 0 Å². The lowest BCUT2D eigenvalue weighted by Crippen LogP contribution is -2.10. The van der Waals surface area contributed by atoms with Gasteiger partial charge in [-0.05, 0) is 52.6 Å². The number of furan rings is 2. The molecule has 0 fully saturated rings. The van der Waals surface area contributed by atoms with E-state index in [0.29, 0.717) is 0 Å². The van der Waals surface area contributed by atoms with Crippen LogP contribution in [0.25, 0.3) is 97.4 Å². The number of rotatable bonds is 6. The van der Waals surface area contributed by atoms with Gasteiger partial charge in [0.1, 0.15) is 16.7 Å². The summed E-state index contributed by atoms with van der Waals surface area (Å²) in [5.74, 6) is 0. The van der Waals surface area contributed by atoms with E-state index in [-0.39, 0.29) is 0 Å². The van der Waals surface area contributed by atoms with Crippen molar-refractivity contribution in [3.8, 4) is 33.4 Å². The molecule has 0 spiro atoms. The van der Waals surface area contributed by atoms with Crippen LogP contribution in [0.4, 0.5) is 17.1 Å². The predicted octanol–water partition coefficient (Wildman–Crippen LogP) is 16.3. The van der Waals surface area contributed by atoms with Crippen LogP contribution in [0, 0.1) is 0 Å². The van der Waals surface area contributed by atoms with Crippen LogP contribution in [0.15, 0.2) is 209 Å². The van der Waals surface area contributed by atoms with Crippen molar-refractivity contribution in [2.75, 3.05) is 4.90 Å². The maximum atomic E-state index is 6.81. The zero-order valence-corrected chi connectivity index (χ0v) is 32.0. The molecule has 58 heavy (non-hydrogen) atoms. The Hall–Kier alpha value is -7.40. The molecule has 4 heteroatoms. The summed E-state index contributed by atoms with van der Waals surface area (Å²) in [6, 6.07) is 71.1. The predicted molar refractivity (Wildman–Crippen MR) is 245 cm³/mol. The Bertz CT molecular complexity index is 3500. The average molecular weight is 760 g/mol. The Morgan fingerprint density at radius 3 is 1.47 bits per heavy atom. The highest BCUT2D eigenvalue weighted by Gasteiger charge is 2.23.